The monoisotopic (exact) mass is 537 g/mol. The highest BCUT2D eigenvalue weighted by Gasteiger charge is 2.22. The fraction of sp³-hybridized carbons (Fsp3) is 0.214. The molecule has 4 aromatic heterocycles. The average molecular weight is 538 g/mol. The predicted molar refractivity (Wildman–Crippen MR) is 147 cm³/mol. The third-order valence-electron chi connectivity index (χ3n) is 6.51. The van der Waals surface area contributed by atoms with Crippen LogP contribution < -0.4 is 15.0 Å². The van der Waals surface area contributed by atoms with Gasteiger partial charge < -0.3 is 19.9 Å². The van der Waals surface area contributed by atoms with Gasteiger partial charge in [0.1, 0.15) is 41.3 Å². The van der Waals surface area contributed by atoms with Gasteiger partial charge in [-0.1, -0.05) is 5.92 Å². The molecule has 0 atom stereocenters. The van der Waals surface area contributed by atoms with Crippen molar-refractivity contribution in [2.75, 3.05) is 30.0 Å². The van der Waals surface area contributed by atoms with Gasteiger partial charge in [-0.3, -0.25) is 4.79 Å². The Hall–Kier alpha value is -5.31. The van der Waals surface area contributed by atoms with Crippen LogP contribution in [0.1, 0.15) is 18.9 Å². The van der Waals surface area contributed by atoms with E-state index in [9.17, 15) is 4.79 Å². The number of nitrogens with one attached hydrogen (secondary N) is 1. The van der Waals surface area contributed by atoms with Gasteiger partial charge in [-0.05, 0) is 56.0 Å². The van der Waals surface area contributed by atoms with Crippen LogP contribution in [0, 0.1) is 24.6 Å². The van der Waals surface area contributed by atoms with Crippen molar-refractivity contribution in [3.8, 4) is 23.3 Å². The highest BCUT2D eigenvalue weighted by molar-refractivity contribution is 5.93. The van der Waals surface area contributed by atoms with Crippen molar-refractivity contribution in [2.24, 2.45) is 0 Å². The van der Waals surface area contributed by atoms with Crippen LogP contribution in [0.25, 0.3) is 16.7 Å². The van der Waals surface area contributed by atoms with E-state index in [-0.39, 0.29) is 11.6 Å². The number of carbonyl (C=O) groups is 1. The van der Waals surface area contributed by atoms with Gasteiger partial charge in [-0.25, -0.2) is 28.8 Å². The van der Waals surface area contributed by atoms with Gasteiger partial charge in [0.2, 0.25) is 0 Å². The molecule has 1 aliphatic heterocycles. The average Bonchev–Trinajstić information content (AvgIpc) is 3.44. The number of nitrogens with zero attached hydrogens (tertiary/aromatic N) is 8. The number of hydrogen-bond donors (Lipinski definition) is 1. The minimum absolute atomic E-state index is 0.212. The molecule has 12 heteroatoms. The minimum Gasteiger partial charge on any atom is -0.457 e. The lowest BCUT2D eigenvalue weighted by atomic mass is 10.2. The first-order chi connectivity index (χ1) is 19.5. The van der Waals surface area contributed by atoms with Gasteiger partial charge in [-0.2, -0.15) is 5.10 Å². The summed E-state index contributed by atoms with van der Waals surface area (Å²) in [5.74, 6) is 6.43. The molecule has 11 nitrogen and oxygen atoms in total. The number of benzene rings is 1. The van der Waals surface area contributed by atoms with Gasteiger partial charge in [0.25, 0.3) is 5.91 Å². The molecule has 5 aromatic rings. The Balaban J connectivity index is 1.26. The van der Waals surface area contributed by atoms with Crippen LogP contribution in [0.5, 0.6) is 11.5 Å². The highest BCUT2D eigenvalue weighted by Crippen LogP contribution is 2.32. The number of amides is 1. The summed E-state index contributed by atoms with van der Waals surface area (Å²) < 4.78 is 22.8. The number of carbonyl (C=O) groups excluding carboxylic acids is 1. The third kappa shape index (κ3) is 4.92. The molecule has 200 valence electrons. The second-order valence-electron chi connectivity index (χ2n) is 9.21. The SMILES string of the molecule is CC#CC(=O)N1CCCN(c2ccc3ncnc(Nc4cc(C)c(Oc5ccn6ncnc6c5)cc4F)c3n2)C1. The first kappa shape index (κ1) is 25.0. The number of hydrogen-bond acceptors (Lipinski definition) is 9. The zero-order valence-electron chi connectivity index (χ0n) is 21.8. The number of aromatic nitrogens is 6. The Kier molecular flexibility index (Phi) is 6.53. The molecule has 0 saturated carbocycles. The lowest BCUT2D eigenvalue weighted by Gasteiger charge is -2.35. The lowest BCUT2D eigenvalue weighted by Crippen LogP contribution is -2.47. The zero-order chi connectivity index (χ0) is 27.6. The van der Waals surface area contributed by atoms with E-state index in [1.54, 1.807) is 40.7 Å². The maximum atomic E-state index is 15.3. The van der Waals surface area contributed by atoms with Gasteiger partial charge >= 0.3 is 0 Å². The summed E-state index contributed by atoms with van der Waals surface area (Å²) in [6, 6.07) is 10.1. The molecule has 1 saturated heterocycles. The summed E-state index contributed by atoms with van der Waals surface area (Å²) in [6.07, 6.45) is 5.36. The Morgan fingerprint density at radius 1 is 1.10 bits per heavy atom. The molecule has 1 aromatic carbocycles. The molecule has 0 spiro atoms. The van der Waals surface area contributed by atoms with E-state index < -0.39 is 5.82 Å². The number of pyridine rings is 2. The highest BCUT2D eigenvalue weighted by atomic mass is 19.1. The maximum Gasteiger partial charge on any atom is 0.299 e. The van der Waals surface area contributed by atoms with E-state index in [1.165, 1.54) is 18.7 Å². The summed E-state index contributed by atoms with van der Waals surface area (Å²) in [5.41, 5.74) is 2.64. The second-order valence-corrected chi connectivity index (χ2v) is 9.21. The van der Waals surface area contributed by atoms with Gasteiger partial charge in [0, 0.05) is 31.4 Å². The molecule has 1 aliphatic rings. The largest absolute Gasteiger partial charge is 0.457 e. The molecule has 6 rings (SSSR count). The Morgan fingerprint density at radius 3 is 2.88 bits per heavy atom. The molecular weight excluding hydrogens is 513 g/mol. The van der Waals surface area contributed by atoms with Crippen LogP contribution in [-0.4, -0.2) is 60.1 Å². The fourth-order valence-corrected chi connectivity index (χ4v) is 4.52. The lowest BCUT2D eigenvalue weighted by molar-refractivity contribution is -0.125. The molecule has 0 aliphatic carbocycles. The van der Waals surface area contributed by atoms with Crippen molar-refractivity contribution in [3.63, 3.8) is 0 Å². The molecule has 1 fully saturated rings. The van der Waals surface area contributed by atoms with Crippen LogP contribution in [0.3, 0.4) is 0 Å². The Bertz CT molecular complexity index is 1810. The van der Waals surface area contributed by atoms with Crippen LogP contribution in [0.15, 0.2) is 55.2 Å². The van der Waals surface area contributed by atoms with Crippen molar-refractivity contribution in [3.05, 3.63) is 66.6 Å². The fourth-order valence-electron chi connectivity index (χ4n) is 4.52. The first-order valence-electron chi connectivity index (χ1n) is 12.6. The predicted octanol–water partition coefficient (Wildman–Crippen LogP) is 4.07. The summed E-state index contributed by atoms with van der Waals surface area (Å²) in [4.78, 5) is 33.6. The van der Waals surface area contributed by atoms with Crippen LogP contribution in [0.4, 0.5) is 21.7 Å². The van der Waals surface area contributed by atoms with E-state index in [4.69, 9.17) is 9.72 Å². The second kappa shape index (κ2) is 10.5. The van der Waals surface area contributed by atoms with Crippen molar-refractivity contribution in [1.82, 2.24) is 34.4 Å². The molecule has 1 N–H and O–H groups in total. The molecule has 0 bridgehead atoms. The van der Waals surface area contributed by atoms with Crippen molar-refractivity contribution >= 4 is 39.9 Å². The quantitative estimate of drug-likeness (QED) is 0.332. The standard InChI is InChI=1S/C28H24FN9O2/c1-3-5-26(39)37-10-4-9-36(17-37)24-7-6-21-27(35-24)28(32-15-30-21)34-22-12-18(2)23(14-20(22)29)40-19-8-11-38-25(13-19)31-16-33-38/h6-8,11-16H,4,9-10,17H2,1-2H3,(H,30,32,34). The molecule has 0 radical (unpaired) electrons. The number of anilines is 3. The van der Waals surface area contributed by atoms with Crippen LogP contribution in [0.2, 0.25) is 0 Å². The van der Waals surface area contributed by atoms with Gasteiger partial charge in [0.05, 0.1) is 17.9 Å². The van der Waals surface area contributed by atoms with Crippen molar-refractivity contribution < 1.29 is 13.9 Å². The Labute approximate surface area is 228 Å². The number of halogens is 1. The van der Waals surface area contributed by atoms with E-state index in [2.05, 4.69) is 37.2 Å². The molecule has 40 heavy (non-hydrogen) atoms. The molecule has 5 heterocycles. The number of fused-ring (bicyclic) bond motifs is 2. The maximum absolute atomic E-state index is 15.3. The zero-order valence-corrected chi connectivity index (χ0v) is 21.8. The van der Waals surface area contributed by atoms with E-state index in [0.29, 0.717) is 58.6 Å². The Morgan fingerprint density at radius 2 is 2.00 bits per heavy atom. The number of rotatable bonds is 5. The molecule has 0 unspecified atom stereocenters. The summed E-state index contributed by atoms with van der Waals surface area (Å²) in [5, 5.41) is 7.14. The molecule has 1 amide bonds. The summed E-state index contributed by atoms with van der Waals surface area (Å²) in [6.45, 7) is 5.22. The summed E-state index contributed by atoms with van der Waals surface area (Å²) in [7, 11) is 0. The van der Waals surface area contributed by atoms with Crippen molar-refractivity contribution in [2.45, 2.75) is 20.3 Å². The smallest absolute Gasteiger partial charge is 0.299 e. The number of ether oxygens (including phenoxy) is 1. The van der Waals surface area contributed by atoms with Gasteiger partial charge in [0.15, 0.2) is 11.5 Å². The number of aryl methyl sites for hydroxylation is 1. The topological polar surface area (TPSA) is 114 Å². The van der Waals surface area contributed by atoms with E-state index >= 15 is 4.39 Å². The van der Waals surface area contributed by atoms with Gasteiger partial charge in [-0.15, -0.1) is 0 Å². The van der Waals surface area contributed by atoms with E-state index in [0.717, 1.165) is 13.0 Å². The summed E-state index contributed by atoms with van der Waals surface area (Å²) >= 11 is 0. The normalized spacial score (nSPS) is 13.3. The third-order valence-corrected chi connectivity index (χ3v) is 6.51. The van der Waals surface area contributed by atoms with E-state index in [1.807, 2.05) is 24.0 Å². The van der Waals surface area contributed by atoms with Crippen LogP contribution in [-0.2, 0) is 4.79 Å². The van der Waals surface area contributed by atoms with Crippen molar-refractivity contribution in [1.29, 1.82) is 0 Å². The van der Waals surface area contributed by atoms with Crippen LogP contribution >= 0.6 is 0 Å². The minimum atomic E-state index is -0.519. The first-order valence-corrected chi connectivity index (χ1v) is 12.6. The molecular formula is C28H24FN9O2.